The maximum atomic E-state index is 13.7. The molecule has 0 radical (unpaired) electrons. The molecule has 0 aromatic heterocycles. The van der Waals surface area contributed by atoms with Crippen LogP contribution in [0.15, 0.2) is 24.3 Å². The van der Waals surface area contributed by atoms with E-state index < -0.39 is 5.82 Å². The molecule has 0 bridgehead atoms. The Morgan fingerprint density at radius 2 is 1.90 bits per heavy atom. The lowest BCUT2D eigenvalue weighted by Gasteiger charge is -2.26. The second kappa shape index (κ2) is 6.49. The predicted molar refractivity (Wildman–Crippen MR) is 79.3 cm³/mol. The van der Waals surface area contributed by atoms with Gasteiger partial charge in [-0.3, -0.25) is 9.69 Å². The Morgan fingerprint density at radius 3 is 2.45 bits per heavy atom. The molecule has 1 fully saturated rings. The van der Waals surface area contributed by atoms with Crippen molar-refractivity contribution in [2.45, 2.75) is 39.7 Å². The van der Waals surface area contributed by atoms with Crippen LogP contribution >= 0.6 is 0 Å². The highest BCUT2D eigenvalue weighted by Gasteiger charge is 2.31. The normalized spacial score (nSPS) is 16.7. The van der Waals surface area contributed by atoms with Crippen molar-refractivity contribution < 1.29 is 9.18 Å². The van der Waals surface area contributed by atoms with Gasteiger partial charge in [-0.2, -0.15) is 0 Å². The summed E-state index contributed by atoms with van der Waals surface area (Å²) in [7, 11) is 0. The van der Waals surface area contributed by atoms with Gasteiger partial charge in [0.25, 0.3) is 0 Å². The summed E-state index contributed by atoms with van der Waals surface area (Å²) in [5.41, 5.74) is 0.222. The zero-order valence-corrected chi connectivity index (χ0v) is 12.6. The van der Waals surface area contributed by atoms with Crippen LogP contribution in [0, 0.1) is 17.7 Å². The number of Topliss-reactive ketones (excluding diaryl/α,β-unsaturated/α-hetero) is 1. The van der Waals surface area contributed by atoms with Crippen molar-refractivity contribution in [1.82, 2.24) is 4.90 Å². The lowest BCUT2D eigenvalue weighted by Crippen LogP contribution is -2.36. The fraction of sp³-hybridized carbons (Fsp3) is 0.588. The molecule has 1 aliphatic carbocycles. The summed E-state index contributed by atoms with van der Waals surface area (Å²) in [5.74, 6) is -0.0682. The third kappa shape index (κ3) is 3.89. The highest BCUT2D eigenvalue weighted by molar-refractivity contribution is 5.98. The fourth-order valence-electron chi connectivity index (χ4n) is 2.64. The van der Waals surface area contributed by atoms with Crippen LogP contribution in [0.3, 0.4) is 0 Å². The quantitative estimate of drug-likeness (QED) is 0.707. The van der Waals surface area contributed by atoms with E-state index in [-0.39, 0.29) is 17.3 Å². The SMILES string of the molecule is CC(C)CN(CC(C)C(=O)c1ccccc1F)C1CC1. The predicted octanol–water partition coefficient (Wildman–Crippen LogP) is 3.76. The maximum absolute atomic E-state index is 13.7. The van der Waals surface area contributed by atoms with Gasteiger partial charge < -0.3 is 0 Å². The Kier molecular flexibility index (Phi) is 4.92. The Hall–Kier alpha value is -1.22. The third-order valence-corrected chi connectivity index (χ3v) is 3.76. The lowest BCUT2D eigenvalue weighted by atomic mass is 9.98. The number of hydrogen-bond donors (Lipinski definition) is 0. The lowest BCUT2D eigenvalue weighted by molar-refractivity contribution is 0.0879. The molecule has 1 unspecified atom stereocenters. The average molecular weight is 277 g/mol. The molecule has 0 amide bonds. The van der Waals surface area contributed by atoms with Gasteiger partial charge in [0.15, 0.2) is 5.78 Å². The molecule has 0 N–H and O–H groups in total. The first-order valence-electron chi connectivity index (χ1n) is 7.51. The van der Waals surface area contributed by atoms with E-state index in [0.29, 0.717) is 12.0 Å². The number of nitrogens with zero attached hydrogens (tertiary/aromatic N) is 1. The molecule has 110 valence electrons. The van der Waals surface area contributed by atoms with Crippen molar-refractivity contribution in [3.8, 4) is 0 Å². The molecule has 1 aromatic rings. The Balaban J connectivity index is 2.01. The molecular weight excluding hydrogens is 253 g/mol. The van der Waals surface area contributed by atoms with Crippen LogP contribution in [-0.2, 0) is 0 Å². The van der Waals surface area contributed by atoms with Crippen molar-refractivity contribution in [2.24, 2.45) is 11.8 Å². The minimum atomic E-state index is -0.411. The molecular formula is C17H24FNO. The van der Waals surface area contributed by atoms with E-state index in [1.54, 1.807) is 18.2 Å². The molecule has 1 atom stereocenters. The number of benzene rings is 1. The van der Waals surface area contributed by atoms with Gasteiger partial charge in [-0.15, -0.1) is 0 Å². The summed E-state index contributed by atoms with van der Waals surface area (Å²) in [6, 6.07) is 6.90. The smallest absolute Gasteiger partial charge is 0.169 e. The summed E-state index contributed by atoms with van der Waals surface area (Å²) in [4.78, 5) is 14.8. The first-order valence-corrected chi connectivity index (χ1v) is 7.51. The van der Waals surface area contributed by atoms with Crippen molar-refractivity contribution in [3.63, 3.8) is 0 Å². The van der Waals surface area contributed by atoms with E-state index in [4.69, 9.17) is 0 Å². The van der Waals surface area contributed by atoms with Gasteiger partial charge >= 0.3 is 0 Å². The highest BCUT2D eigenvalue weighted by atomic mass is 19.1. The van der Waals surface area contributed by atoms with E-state index in [1.807, 2.05) is 6.92 Å². The van der Waals surface area contributed by atoms with Crippen LogP contribution in [0.2, 0.25) is 0 Å². The van der Waals surface area contributed by atoms with Crippen LogP contribution in [0.1, 0.15) is 44.0 Å². The van der Waals surface area contributed by atoms with Crippen molar-refractivity contribution in [3.05, 3.63) is 35.6 Å². The van der Waals surface area contributed by atoms with E-state index in [2.05, 4.69) is 18.7 Å². The van der Waals surface area contributed by atoms with Crippen molar-refractivity contribution in [1.29, 1.82) is 0 Å². The van der Waals surface area contributed by atoms with Gasteiger partial charge in [0.2, 0.25) is 0 Å². The highest BCUT2D eigenvalue weighted by Crippen LogP contribution is 2.28. The molecule has 0 aliphatic heterocycles. The minimum Gasteiger partial charge on any atom is -0.299 e. The number of halogens is 1. The number of carbonyl (C=O) groups excluding carboxylic acids is 1. The topological polar surface area (TPSA) is 20.3 Å². The summed E-state index contributed by atoms with van der Waals surface area (Å²) in [6.45, 7) is 8.04. The maximum Gasteiger partial charge on any atom is 0.169 e. The van der Waals surface area contributed by atoms with Gasteiger partial charge in [-0.05, 0) is 30.9 Å². The van der Waals surface area contributed by atoms with Crippen molar-refractivity contribution >= 4 is 5.78 Å². The molecule has 2 rings (SSSR count). The molecule has 1 saturated carbocycles. The van der Waals surface area contributed by atoms with Crippen LogP contribution in [0.5, 0.6) is 0 Å². The van der Waals surface area contributed by atoms with E-state index in [1.165, 1.54) is 18.9 Å². The fourth-order valence-corrected chi connectivity index (χ4v) is 2.64. The Morgan fingerprint density at radius 1 is 1.25 bits per heavy atom. The van der Waals surface area contributed by atoms with E-state index >= 15 is 0 Å². The summed E-state index contributed by atoms with van der Waals surface area (Å²) >= 11 is 0. The molecule has 0 spiro atoms. The molecule has 2 nitrogen and oxygen atoms in total. The monoisotopic (exact) mass is 277 g/mol. The second-order valence-electron chi connectivity index (χ2n) is 6.32. The molecule has 20 heavy (non-hydrogen) atoms. The average Bonchev–Trinajstić information content (AvgIpc) is 3.21. The molecule has 1 aromatic carbocycles. The second-order valence-corrected chi connectivity index (χ2v) is 6.32. The van der Waals surface area contributed by atoms with Crippen LogP contribution < -0.4 is 0 Å². The Labute approximate surface area is 121 Å². The van der Waals surface area contributed by atoms with Gasteiger partial charge in [0.05, 0.1) is 5.56 Å². The van der Waals surface area contributed by atoms with E-state index in [0.717, 1.165) is 13.1 Å². The van der Waals surface area contributed by atoms with Gasteiger partial charge in [-0.1, -0.05) is 32.9 Å². The van der Waals surface area contributed by atoms with Crippen LogP contribution in [-0.4, -0.2) is 29.8 Å². The zero-order valence-electron chi connectivity index (χ0n) is 12.6. The first kappa shape index (κ1) is 15.2. The minimum absolute atomic E-state index is 0.0856. The standard InChI is InChI=1S/C17H24FNO/c1-12(2)10-19(14-8-9-14)11-13(3)17(20)15-6-4-5-7-16(15)18/h4-7,12-14H,8-11H2,1-3H3. The van der Waals surface area contributed by atoms with Crippen LogP contribution in [0.25, 0.3) is 0 Å². The number of rotatable bonds is 7. The summed E-state index contributed by atoms with van der Waals surface area (Å²) < 4.78 is 13.7. The summed E-state index contributed by atoms with van der Waals surface area (Å²) in [6.07, 6.45) is 2.46. The molecule has 0 saturated heterocycles. The number of ketones is 1. The van der Waals surface area contributed by atoms with Crippen LogP contribution in [0.4, 0.5) is 4.39 Å². The van der Waals surface area contributed by atoms with Gasteiger partial charge in [-0.25, -0.2) is 4.39 Å². The third-order valence-electron chi connectivity index (χ3n) is 3.76. The van der Waals surface area contributed by atoms with Crippen molar-refractivity contribution in [2.75, 3.05) is 13.1 Å². The molecule has 3 heteroatoms. The zero-order chi connectivity index (χ0) is 14.7. The Bertz CT molecular complexity index is 468. The number of hydrogen-bond acceptors (Lipinski definition) is 2. The van der Waals surface area contributed by atoms with Gasteiger partial charge in [0.1, 0.15) is 5.82 Å². The number of carbonyl (C=O) groups is 1. The van der Waals surface area contributed by atoms with E-state index in [9.17, 15) is 9.18 Å². The molecule has 0 heterocycles. The first-order chi connectivity index (χ1) is 9.49. The molecule has 1 aliphatic rings. The largest absolute Gasteiger partial charge is 0.299 e. The summed E-state index contributed by atoms with van der Waals surface area (Å²) in [5, 5.41) is 0. The van der Waals surface area contributed by atoms with Gasteiger partial charge in [0, 0.05) is 25.0 Å².